The number of para-hydroxylation sites is 6. The molecule has 0 saturated heterocycles. The van der Waals surface area contributed by atoms with Gasteiger partial charge in [-0.1, -0.05) is 212 Å². The monoisotopic (exact) mass is 982 g/mol. The lowest BCUT2D eigenvalue weighted by atomic mass is 9.33. The zero-order valence-electron chi connectivity index (χ0n) is 42.3. The maximum absolute atomic E-state index is 2.57. The number of hydrogen-bond donors (Lipinski definition) is 0. The van der Waals surface area contributed by atoms with E-state index in [1.807, 2.05) is 0 Å². The van der Waals surface area contributed by atoms with Crippen LogP contribution in [0.3, 0.4) is 0 Å². The molecule has 0 spiro atoms. The summed E-state index contributed by atoms with van der Waals surface area (Å²) in [6.07, 6.45) is 0. The van der Waals surface area contributed by atoms with E-state index in [9.17, 15) is 0 Å². The van der Waals surface area contributed by atoms with Crippen LogP contribution in [0.4, 0.5) is 68.2 Å². The van der Waals surface area contributed by atoms with Gasteiger partial charge in [-0.2, -0.15) is 0 Å². The topological polar surface area (TPSA) is 13.0 Å². The van der Waals surface area contributed by atoms with Gasteiger partial charge in [0.15, 0.2) is 0 Å². The summed E-state index contributed by atoms with van der Waals surface area (Å²) in [6.45, 7) is -0.151. The summed E-state index contributed by atoms with van der Waals surface area (Å²) >= 11 is 0. The highest BCUT2D eigenvalue weighted by Gasteiger charge is 2.45. The van der Waals surface area contributed by atoms with Crippen LogP contribution in [0.25, 0.3) is 33.4 Å². The van der Waals surface area contributed by atoms with Gasteiger partial charge in [0.25, 0.3) is 6.71 Å². The van der Waals surface area contributed by atoms with Crippen LogP contribution in [0.2, 0.25) is 0 Å². The number of anilines is 12. The molecule has 0 radical (unpaired) electrons. The van der Waals surface area contributed by atoms with E-state index in [1.54, 1.807) is 0 Å². The predicted octanol–water partition coefficient (Wildman–Crippen LogP) is 17.7. The van der Waals surface area contributed by atoms with Gasteiger partial charge >= 0.3 is 0 Å². The Morgan fingerprint density at radius 1 is 0.221 bits per heavy atom. The van der Waals surface area contributed by atoms with Gasteiger partial charge in [-0.25, -0.2) is 0 Å². The molecule has 0 saturated carbocycles. The molecule has 2 aliphatic heterocycles. The van der Waals surface area contributed by atoms with Gasteiger partial charge in [-0.3, -0.25) is 0 Å². The molecule has 0 aliphatic carbocycles. The number of nitrogens with zero attached hydrogens (tertiary/aromatic N) is 4. The van der Waals surface area contributed by atoms with E-state index in [1.165, 1.54) is 16.4 Å². The highest BCUT2D eigenvalue weighted by molar-refractivity contribution is 7.00. The zero-order valence-corrected chi connectivity index (χ0v) is 42.3. The van der Waals surface area contributed by atoms with Crippen molar-refractivity contribution in [3.63, 3.8) is 0 Å². The summed E-state index contributed by atoms with van der Waals surface area (Å²) < 4.78 is 0. The Kier molecular flexibility index (Phi) is 11.6. The van der Waals surface area contributed by atoms with Crippen LogP contribution >= 0.6 is 0 Å². The Balaban J connectivity index is 1.11. The van der Waals surface area contributed by atoms with Gasteiger partial charge in [-0.05, 0) is 136 Å². The van der Waals surface area contributed by atoms with Gasteiger partial charge in [0, 0.05) is 68.0 Å². The molecule has 0 atom stereocenters. The lowest BCUT2D eigenvalue weighted by Crippen LogP contribution is -2.61. The highest BCUT2D eigenvalue weighted by atomic mass is 15.2. The van der Waals surface area contributed by atoms with Crippen molar-refractivity contribution in [1.29, 1.82) is 0 Å². The molecule has 12 aromatic rings. The van der Waals surface area contributed by atoms with Gasteiger partial charge in [0.2, 0.25) is 0 Å². The molecule has 14 rings (SSSR count). The van der Waals surface area contributed by atoms with Crippen molar-refractivity contribution in [3.8, 4) is 33.4 Å². The molecule has 2 heterocycles. The summed E-state index contributed by atoms with van der Waals surface area (Å²) in [5.41, 5.74) is 23.8. The highest BCUT2D eigenvalue weighted by Crippen LogP contribution is 2.51. The average molecular weight is 983 g/mol. The van der Waals surface area contributed by atoms with E-state index in [-0.39, 0.29) is 6.71 Å². The standard InChI is InChI=1S/C72H51BN4/c1-8-26-52(27-9-1)55-48-70-72-71(49-55)77(67-43-25-23-41-63(67)54-30-12-3-13-31-54)69-51-61(75(58-36-18-6-19-37-58)59-38-20-7-21-39-59)45-47-65(69)73(72)64-46-44-60(74(56-32-14-4-15-33-56)57-34-16-5-17-35-57)50-68(64)76(70)66-42-24-22-40-62(66)53-28-10-2-11-29-53/h1-51H. The second-order valence-corrected chi connectivity index (χ2v) is 19.7. The van der Waals surface area contributed by atoms with Crippen LogP contribution < -0.4 is 36.0 Å². The number of benzene rings is 12. The lowest BCUT2D eigenvalue weighted by Gasteiger charge is -2.45. The van der Waals surface area contributed by atoms with E-state index in [2.05, 4.69) is 329 Å². The molecule has 0 amide bonds. The third-order valence-corrected chi connectivity index (χ3v) is 15.2. The molecular formula is C72H51BN4. The summed E-state index contributed by atoms with van der Waals surface area (Å²) in [5, 5.41) is 0. The van der Waals surface area contributed by atoms with Crippen molar-refractivity contribution in [1.82, 2.24) is 0 Å². The minimum absolute atomic E-state index is 0.151. The van der Waals surface area contributed by atoms with Gasteiger partial charge < -0.3 is 19.6 Å². The minimum atomic E-state index is -0.151. The first-order valence-electron chi connectivity index (χ1n) is 26.5. The summed E-state index contributed by atoms with van der Waals surface area (Å²) in [5.74, 6) is 0. The van der Waals surface area contributed by atoms with Crippen molar-refractivity contribution in [2.45, 2.75) is 0 Å². The fourth-order valence-electron chi connectivity index (χ4n) is 11.8. The van der Waals surface area contributed by atoms with Crippen molar-refractivity contribution < 1.29 is 0 Å². The van der Waals surface area contributed by atoms with E-state index in [0.717, 1.165) is 102 Å². The van der Waals surface area contributed by atoms with Gasteiger partial charge in [-0.15, -0.1) is 0 Å². The molecule has 0 bridgehead atoms. The summed E-state index contributed by atoms with van der Waals surface area (Å²) in [4.78, 5) is 9.91. The molecule has 5 heteroatoms. The fraction of sp³-hybridized carbons (Fsp3) is 0. The van der Waals surface area contributed by atoms with E-state index < -0.39 is 0 Å². The molecule has 0 N–H and O–H groups in total. The second kappa shape index (κ2) is 19.6. The molecule has 0 fully saturated rings. The Morgan fingerprint density at radius 2 is 0.532 bits per heavy atom. The second-order valence-electron chi connectivity index (χ2n) is 19.7. The third-order valence-electron chi connectivity index (χ3n) is 15.2. The van der Waals surface area contributed by atoms with Crippen LogP contribution in [0.15, 0.2) is 309 Å². The Labute approximate surface area is 451 Å². The van der Waals surface area contributed by atoms with Crippen molar-refractivity contribution in [2.75, 3.05) is 19.6 Å². The number of rotatable bonds is 11. The normalized spacial score (nSPS) is 12.1. The smallest absolute Gasteiger partial charge is 0.252 e. The lowest BCUT2D eigenvalue weighted by molar-refractivity contribution is 1.23. The molecule has 0 unspecified atom stereocenters. The Hall–Kier alpha value is -10.1. The minimum Gasteiger partial charge on any atom is -0.311 e. The van der Waals surface area contributed by atoms with Crippen LogP contribution in [-0.2, 0) is 0 Å². The van der Waals surface area contributed by atoms with Crippen molar-refractivity contribution in [2.24, 2.45) is 0 Å². The SMILES string of the molecule is c1ccc(-c2cc3c4c(c2)N(c2ccccc2-c2ccccc2)c2cc(N(c5ccccc5)c5ccccc5)ccc2B4c2ccc(N(c4ccccc4)c4ccccc4)cc2N3c2ccccc2-c2ccccc2)cc1. The first-order valence-corrected chi connectivity index (χ1v) is 26.5. The van der Waals surface area contributed by atoms with Crippen molar-refractivity contribution >= 4 is 91.3 Å². The van der Waals surface area contributed by atoms with Crippen LogP contribution in [0.5, 0.6) is 0 Å². The van der Waals surface area contributed by atoms with E-state index >= 15 is 0 Å². The average Bonchev–Trinajstić information content (AvgIpc) is 3.67. The van der Waals surface area contributed by atoms with Crippen molar-refractivity contribution in [3.05, 3.63) is 309 Å². The fourth-order valence-corrected chi connectivity index (χ4v) is 11.8. The molecule has 0 aromatic heterocycles. The molecule has 2 aliphatic rings. The van der Waals surface area contributed by atoms with Crippen LogP contribution in [0, 0.1) is 0 Å². The zero-order chi connectivity index (χ0) is 51.1. The molecule has 362 valence electrons. The summed E-state index contributed by atoms with van der Waals surface area (Å²) in [6, 6.07) is 113. The third kappa shape index (κ3) is 8.13. The van der Waals surface area contributed by atoms with E-state index in [4.69, 9.17) is 0 Å². The maximum atomic E-state index is 2.57. The largest absolute Gasteiger partial charge is 0.311 e. The Morgan fingerprint density at radius 3 is 0.896 bits per heavy atom. The number of fused-ring (bicyclic) bond motifs is 4. The first kappa shape index (κ1) is 45.5. The molecular weight excluding hydrogens is 932 g/mol. The molecule has 12 aromatic carbocycles. The first-order chi connectivity index (χ1) is 38.2. The maximum Gasteiger partial charge on any atom is 0.252 e. The van der Waals surface area contributed by atoms with Gasteiger partial charge in [0.05, 0.1) is 11.4 Å². The van der Waals surface area contributed by atoms with Crippen LogP contribution in [0.1, 0.15) is 0 Å². The molecule has 77 heavy (non-hydrogen) atoms. The molecule has 4 nitrogen and oxygen atoms in total. The number of hydrogen-bond acceptors (Lipinski definition) is 4. The van der Waals surface area contributed by atoms with E-state index in [0.29, 0.717) is 0 Å². The van der Waals surface area contributed by atoms with Crippen LogP contribution in [-0.4, -0.2) is 6.71 Å². The van der Waals surface area contributed by atoms with Gasteiger partial charge in [0.1, 0.15) is 0 Å². The quantitative estimate of drug-likeness (QED) is 0.120. The Bertz CT molecular complexity index is 3730. The summed E-state index contributed by atoms with van der Waals surface area (Å²) in [7, 11) is 0. The predicted molar refractivity (Wildman–Crippen MR) is 326 cm³/mol.